The number of nitrogens with zero attached hydrogens (tertiary/aromatic N) is 2. The largest absolute Gasteiger partial charge is 0.350 e. The number of rotatable bonds is 10. The smallest absolute Gasteiger partial charge is 0.244 e. The Morgan fingerprint density at radius 2 is 1.49 bits per heavy atom. The second-order valence-electron chi connectivity index (χ2n) is 10.6. The van der Waals surface area contributed by atoms with Gasteiger partial charge < -0.3 is 10.2 Å². The van der Waals surface area contributed by atoms with Crippen LogP contribution in [0.4, 0.5) is 5.69 Å². The van der Waals surface area contributed by atoms with Crippen molar-refractivity contribution in [3.05, 3.63) is 97.9 Å². The maximum atomic E-state index is 14.1. The van der Waals surface area contributed by atoms with E-state index in [-0.39, 0.29) is 28.7 Å². The number of hydrogen-bond acceptors (Lipinski definition) is 4. The van der Waals surface area contributed by atoms with Gasteiger partial charge in [0.1, 0.15) is 12.6 Å². The maximum absolute atomic E-state index is 14.1. The first-order valence-corrected chi connectivity index (χ1v) is 15.9. The van der Waals surface area contributed by atoms with Gasteiger partial charge in [-0.15, -0.1) is 0 Å². The number of sulfonamides is 1. The molecule has 0 bridgehead atoms. The van der Waals surface area contributed by atoms with Gasteiger partial charge in [-0.3, -0.25) is 13.9 Å². The quantitative estimate of drug-likeness (QED) is 0.265. The van der Waals surface area contributed by atoms with E-state index in [1.54, 1.807) is 18.2 Å². The monoisotopic (exact) mass is 657 g/mol. The van der Waals surface area contributed by atoms with Crippen molar-refractivity contribution in [2.75, 3.05) is 17.1 Å². The molecule has 1 N–H and O–H groups in total. The van der Waals surface area contributed by atoms with E-state index < -0.39 is 40.0 Å². The van der Waals surface area contributed by atoms with Gasteiger partial charge in [-0.05, 0) is 62.2 Å². The SMILES string of the molecule is CC(C)(C)NC(=O)C(Cc1ccccc1)N(Cc1ccc(Cl)cc1Cl)C(=O)CN(c1cc(Cl)cc(Cl)c1)S(C)(=O)=O. The molecule has 3 aromatic rings. The molecule has 7 nitrogen and oxygen atoms in total. The van der Waals surface area contributed by atoms with E-state index in [1.165, 1.54) is 23.1 Å². The molecule has 0 saturated carbocycles. The lowest BCUT2D eigenvalue weighted by Gasteiger charge is -2.35. The molecule has 41 heavy (non-hydrogen) atoms. The summed E-state index contributed by atoms with van der Waals surface area (Å²) in [5, 5.41) is 4.06. The fourth-order valence-electron chi connectivity index (χ4n) is 4.14. The zero-order chi connectivity index (χ0) is 30.5. The molecule has 0 aliphatic rings. The van der Waals surface area contributed by atoms with Crippen LogP contribution in [0.15, 0.2) is 66.7 Å². The zero-order valence-electron chi connectivity index (χ0n) is 23.0. The van der Waals surface area contributed by atoms with Crippen molar-refractivity contribution >= 4 is 73.9 Å². The summed E-state index contributed by atoms with van der Waals surface area (Å²) in [6.07, 6.45) is 1.14. The molecule has 0 spiro atoms. The third-order valence-electron chi connectivity index (χ3n) is 5.94. The average molecular weight is 659 g/mol. The van der Waals surface area contributed by atoms with E-state index in [0.717, 1.165) is 16.1 Å². The normalized spacial score (nSPS) is 12.5. The van der Waals surface area contributed by atoms with Crippen molar-refractivity contribution in [1.29, 1.82) is 0 Å². The number of hydrogen-bond donors (Lipinski definition) is 1. The van der Waals surface area contributed by atoms with Crippen LogP contribution in [0, 0.1) is 0 Å². The molecule has 12 heteroatoms. The standard InChI is InChI=1S/C29H31Cl4N3O4S/c1-29(2,3)34-28(38)26(12-19-8-6-5-7-9-19)35(17-20-10-11-21(30)16-25(20)33)27(37)18-36(41(4,39)40)24-14-22(31)13-23(32)15-24/h5-11,13-16,26H,12,17-18H2,1-4H3,(H,34,38). The lowest BCUT2D eigenvalue weighted by molar-refractivity contribution is -0.140. The highest BCUT2D eigenvalue weighted by Crippen LogP contribution is 2.28. The number of carbonyl (C=O) groups is 2. The van der Waals surface area contributed by atoms with Crippen LogP contribution in [0.2, 0.25) is 20.1 Å². The molecular weight excluding hydrogens is 628 g/mol. The Labute approximate surface area is 261 Å². The Kier molecular flexibility index (Phi) is 11.0. The van der Waals surface area contributed by atoms with Gasteiger partial charge in [0, 0.05) is 38.6 Å². The Balaban J connectivity index is 2.12. The van der Waals surface area contributed by atoms with Crippen LogP contribution in [0.3, 0.4) is 0 Å². The number of benzene rings is 3. The minimum atomic E-state index is -3.98. The zero-order valence-corrected chi connectivity index (χ0v) is 26.8. The Morgan fingerprint density at radius 1 is 0.878 bits per heavy atom. The van der Waals surface area contributed by atoms with Crippen LogP contribution >= 0.6 is 46.4 Å². The first-order chi connectivity index (χ1) is 19.0. The molecule has 0 aromatic heterocycles. The summed E-state index contributed by atoms with van der Waals surface area (Å²) in [5.41, 5.74) is 0.849. The van der Waals surface area contributed by atoms with Gasteiger partial charge >= 0.3 is 0 Å². The van der Waals surface area contributed by atoms with Crippen LogP contribution in [-0.4, -0.2) is 49.5 Å². The number of anilines is 1. The van der Waals surface area contributed by atoms with E-state index in [0.29, 0.717) is 15.6 Å². The van der Waals surface area contributed by atoms with Gasteiger partial charge in [-0.1, -0.05) is 82.8 Å². The summed E-state index contributed by atoms with van der Waals surface area (Å²) in [6, 6.07) is 17.3. The van der Waals surface area contributed by atoms with Crippen LogP contribution in [0.25, 0.3) is 0 Å². The molecule has 1 atom stereocenters. The lowest BCUT2D eigenvalue weighted by Crippen LogP contribution is -2.56. The highest BCUT2D eigenvalue weighted by Gasteiger charge is 2.34. The van der Waals surface area contributed by atoms with Crippen LogP contribution in [0.5, 0.6) is 0 Å². The van der Waals surface area contributed by atoms with Crippen molar-refractivity contribution in [3.8, 4) is 0 Å². The van der Waals surface area contributed by atoms with E-state index >= 15 is 0 Å². The van der Waals surface area contributed by atoms with Gasteiger partial charge in [0.05, 0.1) is 11.9 Å². The molecule has 2 amide bonds. The van der Waals surface area contributed by atoms with Crippen molar-refractivity contribution in [1.82, 2.24) is 10.2 Å². The highest BCUT2D eigenvalue weighted by molar-refractivity contribution is 7.92. The number of amides is 2. The fraction of sp³-hybridized carbons (Fsp3) is 0.310. The lowest BCUT2D eigenvalue weighted by atomic mass is 10.0. The Morgan fingerprint density at radius 3 is 2.02 bits per heavy atom. The second kappa shape index (κ2) is 13.7. The summed E-state index contributed by atoms with van der Waals surface area (Å²) in [6.45, 7) is 4.80. The minimum absolute atomic E-state index is 0.0855. The minimum Gasteiger partial charge on any atom is -0.350 e. The summed E-state index contributed by atoms with van der Waals surface area (Å²) < 4.78 is 26.7. The molecule has 0 fully saturated rings. The summed E-state index contributed by atoms with van der Waals surface area (Å²) in [7, 11) is -3.98. The average Bonchev–Trinajstić information content (AvgIpc) is 2.84. The van der Waals surface area contributed by atoms with Crippen LogP contribution in [0.1, 0.15) is 31.9 Å². The molecule has 0 aliphatic carbocycles. The molecule has 0 heterocycles. The maximum Gasteiger partial charge on any atom is 0.244 e. The van der Waals surface area contributed by atoms with Crippen molar-refractivity contribution < 1.29 is 18.0 Å². The van der Waals surface area contributed by atoms with Crippen LogP contribution < -0.4 is 9.62 Å². The summed E-state index contributed by atoms with van der Waals surface area (Å²) >= 11 is 24.9. The molecule has 3 rings (SSSR count). The molecule has 3 aromatic carbocycles. The molecule has 0 radical (unpaired) electrons. The Bertz CT molecular complexity index is 1490. The number of nitrogens with one attached hydrogen (secondary N) is 1. The molecule has 0 aliphatic heterocycles. The van der Waals surface area contributed by atoms with Gasteiger partial charge in [-0.25, -0.2) is 8.42 Å². The van der Waals surface area contributed by atoms with Crippen molar-refractivity contribution in [2.24, 2.45) is 0 Å². The fourth-order valence-corrected chi connectivity index (χ4v) is 5.95. The third kappa shape index (κ3) is 9.79. The van der Waals surface area contributed by atoms with E-state index in [2.05, 4.69) is 5.32 Å². The van der Waals surface area contributed by atoms with Crippen molar-refractivity contribution in [3.63, 3.8) is 0 Å². The summed E-state index contributed by atoms with van der Waals surface area (Å²) in [4.78, 5) is 29.2. The van der Waals surface area contributed by atoms with Gasteiger partial charge in [0.2, 0.25) is 21.8 Å². The van der Waals surface area contributed by atoms with E-state index in [1.807, 2.05) is 51.1 Å². The number of halogens is 4. The molecular formula is C29H31Cl4N3O4S. The first-order valence-electron chi connectivity index (χ1n) is 12.6. The first kappa shape index (κ1) is 33.0. The Hall–Kier alpha value is -2.49. The van der Waals surface area contributed by atoms with Crippen LogP contribution in [-0.2, 0) is 32.6 Å². The molecule has 220 valence electrons. The molecule has 1 unspecified atom stereocenters. The topological polar surface area (TPSA) is 86.8 Å². The molecule has 0 saturated heterocycles. The van der Waals surface area contributed by atoms with Gasteiger partial charge in [0.15, 0.2) is 0 Å². The third-order valence-corrected chi connectivity index (χ3v) is 8.10. The van der Waals surface area contributed by atoms with E-state index in [9.17, 15) is 18.0 Å². The highest BCUT2D eigenvalue weighted by atomic mass is 35.5. The van der Waals surface area contributed by atoms with Gasteiger partial charge in [-0.2, -0.15) is 0 Å². The van der Waals surface area contributed by atoms with Gasteiger partial charge in [0.25, 0.3) is 0 Å². The van der Waals surface area contributed by atoms with Crippen molar-refractivity contribution in [2.45, 2.75) is 45.3 Å². The summed E-state index contributed by atoms with van der Waals surface area (Å²) in [5.74, 6) is -1.04. The predicted molar refractivity (Wildman–Crippen MR) is 167 cm³/mol. The van der Waals surface area contributed by atoms with E-state index in [4.69, 9.17) is 46.4 Å². The second-order valence-corrected chi connectivity index (χ2v) is 14.2. The predicted octanol–water partition coefficient (Wildman–Crippen LogP) is 6.62. The number of carbonyl (C=O) groups excluding carboxylic acids is 2.